The van der Waals surface area contributed by atoms with Gasteiger partial charge in [0, 0.05) is 21.8 Å². The molecule has 0 saturated heterocycles. The van der Waals surface area contributed by atoms with Crippen LogP contribution in [0.15, 0.2) is 30.3 Å². The van der Waals surface area contributed by atoms with Gasteiger partial charge in [-0.3, -0.25) is 0 Å². The molecule has 0 aliphatic carbocycles. The molecule has 2 aromatic carbocycles. The number of benzene rings is 2. The van der Waals surface area contributed by atoms with E-state index in [1.807, 2.05) is 0 Å². The summed E-state index contributed by atoms with van der Waals surface area (Å²) in [6.07, 6.45) is 0. The molecule has 0 heterocycles. The van der Waals surface area contributed by atoms with Crippen LogP contribution in [0, 0.1) is 0 Å². The molecule has 1 nitrogen and oxygen atoms in total. The molecule has 0 aromatic heterocycles. The van der Waals surface area contributed by atoms with Crippen LogP contribution < -0.4 is 5.73 Å². The molecular formula is C12H7Cl4N. The molecule has 17 heavy (non-hydrogen) atoms. The molecule has 2 rings (SSSR count). The SMILES string of the molecule is Nc1ccc(Cl)cc1-c1cc(Cl)c(Cl)cc1Cl. The van der Waals surface area contributed by atoms with Gasteiger partial charge in [-0.2, -0.15) is 0 Å². The Balaban J connectivity index is 2.68. The summed E-state index contributed by atoms with van der Waals surface area (Å²) in [5.41, 5.74) is 7.91. The van der Waals surface area contributed by atoms with Gasteiger partial charge >= 0.3 is 0 Å². The van der Waals surface area contributed by atoms with E-state index in [0.29, 0.717) is 31.3 Å². The van der Waals surface area contributed by atoms with Crippen molar-refractivity contribution < 1.29 is 0 Å². The highest BCUT2D eigenvalue weighted by molar-refractivity contribution is 6.44. The van der Waals surface area contributed by atoms with E-state index in [2.05, 4.69) is 0 Å². The third-order valence-electron chi connectivity index (χ3n) is 2.32. The van der Waals surface area contributed by atoms with Crippen molar-refractivity contribution in [1.29, 1.82) is 0 Å². The summed E-state index contributed by atoms with van der Waals surface area (Å²) in [4.78, 5) is 0. The van der Waals surface area contributed by atoms with Crippen LogP contribution in [0.1, 0.15) is 0 Å². The molecule has 0 atom stereocenters. The Bertz CT molecular complexity index is 581. The minimum Gasteiger partial charge on any atom is -0.398 e. The van der Waals surface area contributed by atoms with Gasteiger partial charge in [0.05, 0.1) is 15.1 Å². The van der Waals surface area contributed by atoms with Crippen LogP contribution in [0.25, 0.3) is 11.1 Å². The van der Waals surface area contributed by atoms with Gasteiger partial charge in [0.15, 0.2) is 0 Å². The molecule has 0 amide bonds. The maximum atomic E-state index is 6.12. The Hall–Kier alpha value is -0.600. The quantitative estimate of drug-likeness (QED) is 0.542. The molecule has 5 heteroatoms. The molecule has 0 radical (unpaired) electrons. The highest BCUT2D eigenvalue weighted by Gasteiger charge is 2.11. The van der Waals surface area contributed by atoms with Gasteiger partial charge in [-0.05, 0) is 30.3 Å². The van der Waals surface area contributed by atoms with Gasteiger partial charge in [0.1, 0.15) is 0 Å². The molecular weight excluding hydrogens is 300 g/mol. The second-order valence-corrected chi connectivity index (χ2v) is 5.14. The van der Waals surface area contributed by atoms with Crippen molar-refractivity contribution in [3.05, 3.63) is 50.4 Å². The van der Waals surface area contributed by atoms with E-state index in [1.54, 1.807) is 30.3 Å². The van der Waals surface area contributed by atoms with Crippen LogP contribution in [0.3, 0.4) is 0 Å². The Morgan fingerprint density at radius 3 is 2.06 bits per heavy atom. The van der Waals surface area contributed by atoms with Crippen molar-refractivity contribution in [2.45, 2.75) is 0 Å². The van der Waals surface area contributed by atoms with Crippen molar-refractivity contribution in [1.82, 2.24) is 0 Å². The third kappa shape index (κ3) is 2.63. The second-order valence-electron chi connectivity index (χ2n) is 3.48. The van der Waals surface area contributed by atoms with E-state index < -0.39 is 0 Å². The number of rotatable bonds is 1. The summed E-state index contributed by atoms with van der Waals surface area (Å²) in [5.74, 6) is 0. The largest absolute Gasteiger partial charge is 0.398 e. The first-order valence-corrected chi connectivity index (χ1v) is 6.20. The van der Waals surface area contributed by atoms with E-state index in [9.17, 15) is 0 Å². The van der Waals surface area contributed by atoms with Crippen molar-refractivity contribution in [3.63, 3.8) is 0 Å². The third-order valence-corrected chi connectivity index (χ3v) is 3.59. The summed E-state index contributed by atoms with van der Waals surface area (Å²) < 4.78 is 0. The molecule has 0 bridgehead atoms. The first-order chi connectivity index (χ1) is 7.99. The number of nitrogens with two attached hydrogens (primary N) is 1. The number of halogens is 4. The van der Waals surface area contributed by atoms with Crippen LogP contribution in [-0.4, -0.2) is 0 Å². The van der Waals surface area contributed by atoms with Gasteiger partial charge in [0.25, 0.3) is 0 Å². The van der Waals surface area contributed by atoms with Crippen molar-refractivity contribution in [2.75, 3.05) is 5.73 Å². The molecule has 0 aliphatic rings. The first-order valence-electron chi connectivity index (χ1n) is 4.69. The lowest BCUT2D eigenvalue weighted by Crippen LogP contribution is -1.90. The number of hydrogen-bond donors (Lipinski definition) is 1. The van der Waals surface area contributed by atoms with Crippen LogP contribution in [0.5, 0.6) is 0 Å². The lowest BCUT2D eigenvalue weighted by Gasteiger charge is -2.10. The Labute approximate surface area is 119 Å². The maximum Gasteiger partial charge on any atom is 0.0607 e. The number of anilines is 1. The molecule has 2 N–H and O–H groups in total. The average Bonchev–Trinajstić information content (AvgIpc) is 2.27. The zero-order chi connectivity index (χ0) is 12.6. The van der Waals surface area contributed by atoms with Gasteiger partial charge < -0.3 is 5.73 Å². The molecule has 0 aliphatic heterocycles. The smallest absolute Gasteiger partial charge is 0.0607 e. The Morgan fingerprint density at radius 1 is 0.706 bits per heavy atom. The lowest BCUT2D eigenvalue weighted by molar-refractivity contribution is 1.61. The Kier molecular flexibility index (Phi) is 3.74. The number of nitrogen functional groups attached to an aromatic ring is 1. The summed E-state index contributed by atoms with van der Waals surface area (Å²) in [7, 11) is 0. The molecule has 88 valence electrons. The molecule has 0 saturated carbocycles. The van der Waals surface area contributed by atoms with Crippen molar-refractivity contribution in [2.24, 2.45) is 0 Å². The second kappa shape index (κ2) is 4.95. The standard InChI is InChI=1S/C12H7Cl4N/c13-6-1-2-12(17)8(3-6)7-4-10(15)11(16)5-9(7)14/h1-5H,17H2. The van der Waals surface area contributed by atoms with Crippen LogP contribution in [0.2, 0.25) is 20.1 Å². The normalized spacial score (nSPS) is 10.6. The fourth-order valence-electron chi connectivity index (χ4n) is 1.49. The predicted molar refractivity (Wildman–Crippen MR) is 76.3 cm³/mol. The van der Waals surface area contributed by atoms with E-state index in [0.717, 1.165) is 5.56 Å². The number of hydrogen-bond acceptors (Lipinski definition) is 1. The van der Waals surface area contributed by atoms with Gasteiger partial charge in [-0.1, -0.05) is 46.4 Å². The van der Waals surface area contributed by atoms with E-state index in [1.165, 1.54) is 0 Å². The monoisotopic (exact) mass is 305 g/mol. The topological polar surface area (TPSA) is 26.0 Å². The lowest BCUT2D eigenvalue weighted by atomic mass is 10.0. The van der Waals surface area contributed by atoms with Gasteiger partial charge in [-0.25, -0.2) is 0 Å². The summed E-state index contributed by atoms with van der Waals surface area (Å²) in [6.45, 7) is 0. The first kappa shape index (κ1) is 12.8. The van der Waals surface area contributed by atoms with Crippen LogP contribution in [-0.2, 0) is 0 Å². The van der Waals surface area contributed by atoms with E-state index >= 15 is 0 Å². The van der Waals surface area contributed by atoms with Gasteiger partial charge in [0.2, 0.25) is 0 Å². The van der Waals surface area contributed by atoms with Crippen LogP contribution in [0.4, 0.5) is 5.69 Å². The van der Waals surface area contributed by atoms with Crippen molar-refractivity contribution in [3.8, 4) is 11.1 Å². The summed E-state index contributed by atoms with van der Waals surface area (Å²) in [6, 6.07) is 8.43. The fourth-order valence-corrected chi connectivity index (χ4v) is 2.31. The zero-order valence-electron chi connectivity index (χ0n) is 8.48. The minimum absolute atomic E-state index is 0.404. The van der Waals surface area contributed by atoms with Crippen molar-refractivity contribution >= 4 is 52.1 Å². The van der Waals surface area contributed by atoms with Crippen LogP contribution >= 0.6 is 46.4 Å². The average molecular weight is 307 g/mol. The Morgan fingerprint density at radius 2 is 1.35 bits per heavy atom. The molecule has 0 spiro atoms. The van der Waals surface area contributed by atoms with Gasteiger partial charge in [-0.15, -0.1) is 0 Å². The maximum absolute atomic E-state index is 6.12. The predicted octanol–water partition coefficient (Wildman–Crippen LogP) is 5.55. The highest BCUT2D eigenvalue weighted by atomic mass is 35.5. The van der Waals surface area contributed by atoms with E-state index in [-0.39, 0.29) is 0 Å². The minimum atomic E-state index is 0.404. The summed E-state index contributed by atoms with van der Waals surface area (Å²) >= 11 is 23.9. The molecule has 2 aromatic rings. The molecule has 0 unspecified atom stereocenters. The fraction of sp³-hybridized carbons (Fsp3) is 0. The summed E-state index contributed by atoms with van der Waals surface area (Å²) in [5, 5.41) is 1.89. The highest BCUT2D eigenvalue weighted by Crippen LogP contribution is 2.38. The molecule has 0 fully saturated rings. The zero-order valence-corrected chi connectivity index (χ0v) is 11.5. The van der Waals surface area contributed by atoms with E-state index in [4.69, 9.17) is 52.1 Å².